The maximum Gasteiger partial charge on any atom is 0.364 e. The third-order valence-electron chi connectivity index (χ3n) is 22.8. The Labute approximate surface area is 730 Å². The minimum atomic E-state index is -3.96. The van der Waals surface area contributed by atoms with E-state index in [1.807, 2.05) is 10.6 Å². The summed E-state index contributed by atoms with van der Waals surface area (Å²) in [5.74, 6) is -30.4. The molecule has 60 nitrogen and oxygen atoms in total. The summed E-state index contributed by atoms with van der Waals surface area (Å²) in [7, 11) is 0. The van der Waals surface area contributed by atoms with Gasteiger partial charge in [-0.05, 0) is 0 Å². The van der Waals surface area contributed by atoms with Crippen LogP contribution >= 0.6 is 0 Å². The van der Waals surface area contributed by atoms with E-state index in [1.54, 1.807) is 0 Å². The number of aliphatic hydroxyl groups is 27. The fraction of sp³-hybridized carbons (Fsp3) is 0.871. The van der Waals surface area contributed by atoms with Crippen molar-refractivity contribution in [1.82, 2.24) is 26.6 Å². The van der Waals surface area contributed by atoms with E-state index in [0.29, 0.717) is 6.92 Å². The molecule has 8 heterocycles. The zero-order valence-corrected chi connectivity index (χ0v) is 68.7. The van der Waals surface area contributed by atoms with Crippen LogP contribution in [-0.4, -0.2) is 546 Å². The molecule has 0 aliphatic carbocycles. The van der Waals surface area contributed by atoms with Crippen molar-refractivity contribution in [1.29, 1.82) is 0 Å². The van der Waals surface area contributed by atoms with Crippen molar-refractivity contribution < 1.29 is 273 Å². The highest BCUT2D eigenvalue weighted by Gasteiger charge is 2.67. The van der Waals surface area contributed by atoms with Crippen LogP contribution in [0.2, 0.25) is 0 Å². The Morgan fingerprint density at radius 2 is 0.685 bits per heavy atom. The molecule has 0 bridgehead atoms. The predicted molar refractivity (Wildman–Crippen MR) is 394 cm³/mol. The molecule has 36 N–H and O–H groups in total. The van der Waals surface area contributed by atoms with Crippen LogP contribution in [-0.2, 0) is 114 Å². The number of ether oxygens (including phenoxy) is 15. The summed E-state index contributed by atoms with van der Waals surface area (Å²) < 4.78 is 88.2. The van der Waals surface area contributed by atoms with Crippen LogP contribution in [0.15, 0.2) is 0 Å². The first-order valence-corrected chi connectivity index (χ1v) is 40.0. The molecule has 0 aromatic carbocycles. The number of aliphatic carboxylic acids is 4. The molecule has 60 heteroatoms. The molecule has 5 amide bonds. The molecule has 8 saturated heterocycles. The van der Waals surface area contributed by atoms with Crippen molar-refractivity contribution in [3.05, 3.63) is 0 Å². The predicted octanol–water partition coefficient (Wildman–Crippen LogP) is -23.0. The summed E-state index contributed by atoms with van der Waals surface area (Å²) in [6, 6.07) is -10.9. The lowest BCUT2D eigenvalue weighted by Crippen LogP contribution is -2.73. The van der Waals surface area contributed by atoms with Gasteiger partial charge in [0.1, 0.15) is 184 Å². The highest BCUT2D eigenvalue weighted by molar-refractivity contribution is 5.80. The minimum absolute atomic E-state index is 0.687. The normalized spacial score (nSPS) is 42.0. The number of aliphatic hydroxyl groups excluding tert-OH is 27. The molecule has 130 heavy (non-hydrogen) atoms. The van der Waals surface area contributed by atoms with E-state index in [1.165, 1.54) is 0 Å². The number of hydrogen-bond donors (Lipinski definition) is 36. The molecule has 8 aliphatic heterocycles. The molecule has 0 spiro atoms. The highest BCUT2D eigenvalue weighted by atomic mass is 16.8. The third-order valence-corrected chi connectivity index (χ3v) is 22.8. The number of nitrogens with one attached hydrogen (secondary N) is 5. The zero-order chi connectivity index (χ0) is 97.3. The monoisotopic (exact) mass is 1900 g/mol. The Kier molecular flexibility index (Phi) is 38.5. The van der Waals surface area contributed by atoms with E-state index in [-0.39, 0.29) is 0 Å². The third kappa shape index (κ3) is 23.8. The van der Waals surface area contributed by atoms with Crippen LogP contribution in [0.3, 0.4) is 0 Å². The Morgan fingerprint density at radius 1 is 0.346 bits per heavy atom. The average Bonchev–Trinajstić information content (AvgIpc) is 0.747. The van der Waals surface area contributed by atoms with Gasteiger partial charge in [0.15, 0.2) is 25.2 Å². The van der Waals surface area contributed by atoms with E-state index in [4.69, 9.17) is 71.1 Å². The summed E-state index contributed by atoms with van der Waals surface area (Å²) >= 11 is 0. The lowest BCUT2D eigenvalue weighted by Gasteiger charge is -2.53. The molecule has 0 aromatic rings. The second-order valence-electron chi connectivity index (χ2n) is 31.8. The zero-order valence-electron chi connectivity index (χ0n) is 68.7. The number of carboxylic acid groups (broad SMARTS) is 4. The van der Waals surface area contributed by atoms with E-state index in [2.05, 4.69) is 16.0 Å². The number of hydrogen-bond acceptors (Lipinski definition) is 51. The summed E-state index contributed by atoms with van der Waals surface area (Å²) in [5.41, 5.74) is 0. The lowest BCUT2D eigenvalue weighted by atomic mass is 9.87. The summed E-state index contributed by atoms with van der Waals surface area (Å²) in [4.78, 5) is 120. The molecule has 8 rings (SSSR count). The van der Waals surface area contributed by atoms with Crippen molar-refractivity contribution in [3.63, 3.8) is 0 Å². The first-order chi connectivity index (χ1) is 60.9. The molecular formula is C70H113N5O55. The summed E-state index contributed by atoms with van der Waals surface area (Å²) in [5, 5.41) is 355. The van der Waals surface area contributed by atoms with E-state index in [9.17, 15) is 201 Å². The first-order valence-electron chi connectivity index (χ1n) is 40.0. The van der Waals surface area contributed by atoms with Crippen LogP contribution in [0, 0.1) is 0 Å². The van der Waals surface area contributed by atoms with Gasteiger partial charge in [0, 0.05) is 46.5 Å². The van der Waals surface area contributed by atoms with Crippen LogP contribution < -0.4 is 26.6 Å². The maximum atomic E-state index is 14.5. The fourth-order valence-electron chi connectivity index (χ4n) is 16.2. The number of carboxylic acids is 4. The van der Waals surface area contributed by atoms with Crippen molar-refractivity contribution >= 4 is 53.4 Å². The molecule has 44 atom stereocenters. The first kappa shape index (κ1) is 109. The van der Waals surface area contributed by atoms with Gasteiger partial charge >= 0.3 is 23.9 Å². The van der Waals surface area contributed by atoms with Crippen molar-refractivity contribution in [3.8, 4) is 0 Å². The number of rotatable bonds is 41. The van der Waals surface area contributed by atoms with Crippen LogP contribution in [0.5, 0.6) is 0 Å². The van der Waals surface area contributed by atoms with Gasteiger partial charge in [0.05, 0.1) is 101 Å². The van der Waals surface area contributed by atoms with Gasteiger partial charge in [0.2, 0.25) is 29.5 Å². The van der Waals surface area contributed by atoms with Crippen molar-refractivity contribution in [2.45, 2.75) is 314 Å². The Balaban J connectivity index is 1.30. The second-order valence-corrected chi connectivity index (χ2v) is 31.8. The van der Waals surface area contributed by atoms with Gasteiger partial charge in [-0.15, -0.1) is 0 Å². The second kappa shape index (κ2) is 45.9. The largest absolute Gasteiger partial charge is 0.477 e. The van der Waals surface area contributed by atoms with Gasteiger partial charge in [-0.3, -0.25) is 24.0 Å². The molecule has 748 valence electrons. The number of amides is 5. The van der Waals surface area contributed by atoms with Gasteiger partial charge < -0.3 is 256 Å². The standard InChI is InChI=1S/C70H113N5O55/c1-18(85)71-35-21(88)4-67(63(108)109,125-53(35)40(97)25(92)8-76)116-17-32-45(102)52(123-61-48(105)57(43(100)28(11-79)118-61)129-69(65(112)113)7-24(91)38(75-34(96)16-84)55(127-69)42(99)27(94)10-78)39(73-20(3)87)60(120-32)122-51-31(14-82)119-62(121-50-30(13-81)117-59(107)47(104)46(50)103)49(106)58(51)130-70(66(114)115)6-22(89)36(72-19(2)86)56(128-70)44(101)29(12-80)124-68(64(110)111)5-23(90)37(74-33(95)15-83)54(126-68)41(98)26(93)9-77/h21-32,35-62,76-84,88-94,97-107H,4-17H2,1-3H3,(H,71,85)(H,72,86)(H,73,87)(H,74,95)(H,75,96)(H,108,109)(H,110,111)(H,112,113)(H,114,115)/t21-,22-,23-,24-,25+,26+,27+,28+,29+,30+,31+,32+,35+,36+,37+,38+,39+,40+,41+,42+,43-,44+,45-,46+,47+,48+,49+,50+,51-,52+,53+,54+,55+,56+,57-,58+,59+,60-,61-,62-,67+,68+,69-,70-/m0/s1. The van der Waals surface area contributed by atoms with Gasteiger partial charge in [-0.25, -0.2) is 19.2 Å². The fourth-order valence-corrected chi connectivity index (χ4v) is 16.2. The maximum absolute atomic E-state index is 14.5. The lowest BCUT2D eigenvalue weighted by molar-refractivity contribution is -0.406. The number of carbonyl (C=O) groups is 9. The highest BCUT2D eigenvalue weighted by Crippen LogP contribution is 2.45. The van der Waals surface area contributed by atoms with Gasteiger partial charge in [0.25, 0.3) is 23.1 Å². The molecule has 8 fully saturated rings. The van der Waals surface area contributed by atoms with Crippen LogP contribution in [0.25, 0.3) is 0 Å². The molecule has 0 unspecified atom stereocenters. The molecule has 0 saturated carbocycles. The van der Waals surface area contributed by atoms with E-state index in [0.717, 1.165) is 13.8 Å². The minimum Gasteiger partial charge on any atom is -0.477 e. The Bertz CT molecular complexity index is 3760. The van der Waals surface area contributed by atoms with Crippen LogP contribution in [0.4, 0.5) is 0 Å². The molecular weight excluding hydrogens is 1790 g/mol. The van der Waals surface area contributed by atoms with Crippen molar-refractivity contribution in [2.75, 3.05) is 66.1 Å². The molecule has 0 aromatic heterocycles. The Morgan fingerprint density at radius 3 is 1.09 bits per heavy atom. The van der Waals surface area contributed by atoms with E-state index < -0.39 is 413 Å². The molecule has 8 aliphatic rings. The van der Waals surface area contributed by atoms with Crippen molar-refractivity contribution in [2.24, 2.45) is 0 Å². The van der Waals surface area contributed by atoms with Gasteiger partial charge in [-0.1, -0.05) is 0 Å². The summed E-state index contributed by atoms with van der Waals surface area (Å²) in [6.45, 7) is -12.2. The average molecular weight is 1900 g/mol. The smallest absolute Gasteiger partial charge is 0.364 e. The SMILES string of the molecule is CC(=O)N[C@H]1[C@H](O[C@@H]2[C@H](O[C@]3(C(=O)O)C[C@H](O)[C@@H](NC(C)=O)[C@H]([C@H](O)[C@@H](CO)O[C@]4(C(=O)O)C[C@H](O)[C@@H](NC(=O)CO)[C@H]([C@H](O)[C@H](O)CO)O4)O3)[C@@H](O)[C@H](O[C@H]3[C@H](O)[C@@H](O)[C@H](O)O[C@@H]3CO)O[C@@H]2CO)O[C@H](CO[C@]2(C(=O)O)C[C@H](O)[C@@H](NC(C)=O)[C@H]([C@H](O)[C@H](O)CO)O2)[C@H](O)[C@@H]1O[C@@H]1O[C@H](CO)[C@H](O)[C@H](O[C@]2(C(=O)O)C[C@H](O)[C@@H](NC(=O)CO)[C@H]([C@H](O)[C@H](O)CO)O2)[C@H]1O. The van der Waals surface area contributed by atoms with Gasteiger partial charge in [-0.2, -0.15) is 0 Å². The molecule has 0 radical (unpaired) electrons. The summed E-state index contributed by atoms with van der Waals surface area (Å²) in [6.07, 6.45) is -95.8. The topological polar surface area (TPSA) is 979 Å². The van der Waals surface area contributed by atoms with E-state index >= 15 is 0 Å². The number of carbonyl (C=O) groups excluding carboxylic acids is 5. The Hall–Kier alpha value is -6.45. The quantitative estimate of drug-likeness (QED) is 0.0270. The van der Waals surface area contributed by atoms with Crippen LogP contribution in [0.1, 0.15) is 46.5 Å².